The average Bonchev–Trinajstić information content (AvgIpc) is 2.80. The predicted octanol–water partition coefficient (Wildman–Crippen LogP) is 1.36. The summed E-state index contributed by atoms with van der Waals surface area (Å²) in [5.74, 6) is 0.754. The summed E-state index contributed by atoms with van der Waals surface area (Å²) in [5.41, 5.74) is 1.17. The van der Waals surface area contributed by atoms with Gasteiger partial charge in [-0.15, -0.1) is 0 Å². The molecule has 0 aliphatic carbocycles. The number of anilines is 1. The number of aryl methyl sites for hydroxylation is 1. The predicted molar refractivity (Wildman–Crippen MR) is 90.9 cm³/mol. The maximum Gasteiger partial charge on any atom is 0.240 e. The van der Waals surface area contributed by atoms with Crippen molar-refractivity contribution in [3.8, 4) is 6.07 Å². The number of carbonyl (C=O) groups is 1. The smallest absolute Gasteiger partial charge is 0.240 e. The number of nitrogens with zero attached hydrogens (tertiary/aromatic N) is 3. The van der Waals surface area contributed by atoms with Gasteiger partial charge in [-0.1, -0.05) is 0 Å². The molecule has 24 heavy (non-hydrogen) atoms. The third kappa shape index (κ3) is 4.35. The molecule has 1 saturated heterocycles. The van der Waals surface area contributed by atoms with Crippen molar-refractivity contribution < 1.29 is 13.9 Å². The standard InChI is InChI=1S/C17H26N4O3/c1-12-10-20(5-6-21(12)7-8-23-4)11-16(22)19-17-15(9-18)13(2)14(3)24-17/h12H,5-8,10-11H2,1-4H3,(H,19,22)/t12-/m0/s1. The van der Waals surface area contributed by atoms with Gasteiger partial charge in [0.05, 0.1) is 13.2 Å². The number of nitrogens with one attached hydrogen (secondary N) is 1. The van der Waals surface area contributed by atoms with Gasteiger partial charge in [0.15, 0.2) is 0 Å². The van der Waals surface area contributed by atoms with Gasteiger partial charge in [-0.05, 0) is 20.8 Å². The average molecular weight is 334 g/mol. The highest BCUT2D eigenvalue weighted by Crippen LogP contribution is 2.25. The molecule has 1 aliphatic rings. The largest absolute Gasteiger partial charge is 0.444 e. The first-order valence-electron chi connectivity index (χ1n) is 8.21. The van der Waals surface area contributed by atoms with E-state index in [0.29, 0.717) is 23.9 Å². The SMILES string of the molecule is COCCN1CCN(CC(=O)Nc2oc(C)c(C)c2C#N)C[C@@H]1C. The van der Waals surface area contributed by atoms with Crippen LogP contribution in [0, 0.1) is 25.2 Å². The van der Waals surface area contributed by atoms with E-state index in [1.165, 1.54) is 0 Å². The normalized spacial score (nSPS) is 19.2. The number of furan rings is 1. The lowest BCUT2D eigenvalue weighted by molar-refractivity contribution is -0.118. The van der Waals surface area contributed by atoms with Crippen LogP contribution in [0.1, 0.15) is 23.8 Å². The Morgan fingerprint density at radius 1 is 1.46 bits per heavy atom. The molecule has 1 amide bonds. The molecule has 0 aromatic carbocycles. The fraction of sp³-hybridized carbons (Fsp3) is 0.647. The minimum absolute atomic E-state index is 0.155. The number of hydrogen-bond donors (Lipinski definition) is 1. The fourth-order valence-electron chi connectivity index (χ4n) is 2.97. The Bertz CT molecular complexity index is 620. The monoisotopic (exact) mass is 334 g/mol. The summed E-state index contributed by atoms with van der Waals surface area (Å²) in [6.07, 6.45) is 0. The van der Waals surface area contributed by atoms with E-state index in [1.807, 2.05) is 6.92 Å². The first-order chi connectivity index (χ1) is 11.5. The number of nitriles is 1. The van der Waals surface area contributed by atoms with Crippen molar-refractivity contribution in [2.24, 2.45) is 0 Å². The van der Waals surface area contributed by atoms with Crippen molar-refractivity contribution in [3.63, 3.8) is 0 Å². The van der Waals surface area contributed by atoms with E-state index in [4.69, 9.17) is 9.15 Å². The Balaban J connectivity index is 1.88. The Morgan fingerprint density at radius 3 is 2.83 bits per heavy atom. The molecule has 0 bridgehead atoms. The zero-order chi connectivity index (χ0) is 17.7. The quantitative estimate of drug-likeness (QED) is 0.846. The molecule has 1 aromatic rings. The summed E-state index contributed by atoms with van der Waals surface area (Å²) >= 11 is 0. The van der Waals surface area contributed by atoms with Crippen molar-refractivity contribution in [2.45, 2.75) is 26.8 Å². The zero-order valence-corrected chi connectivity index (χ0v) is 14.9. The van der Waals surface area contributed by atoms with Gasteiger partial charge >= 0.3 is 0 Å². The summed E-state index contributed by atoms with van der Waals surface area (Å²) < 4.78 is 10.6. The maximum atomic E-state index is 12.3. The Kier molecular flexibility index (Phi) is 6.37. The second-order valence-electron chi connectivity index (χ2n) is 6.26. The molecule has 2 rings (SSSR count). The summed E-state index contributed by atoms with van der Waals surface area (Å²) in [7, 11) is 1.71. The number of amides is 1. The first kappa shape index (κ1) is 18.5. The van der Waals surface area contributed by atoms with Crippen molar-refractivity contribution in [1.29, 1.82) is 5.26 Å². The number of ether oxygens (including phenoxy) is 1. The Morgan fingerprint density at radius 2 is 2.21 bits per heavy atom. The van der Waals surface area contributed by atoms with Crippen LogP contribution in [0.25, 0.3) is 0 Å². The number of piperazine rings is 1. The second kappa shape index (κ2) is 8.29. The molecule has 2 heterocycles. The lowest BCUT2D eigenvalue weighted by Gasteiger charge is -2.39. The zero-order valence-electron chi connectivity index (χ0n) is 14.9. The van der Waals surface area contributed by atoms with E-state index in [2.05, 4.69) is 28.1 Å². The highest BCUT2D eigenvalue weighted by molar-refractivity contribution is 5.92. The van der Waals surface area contributed by atoms with Gasteiger partial charge in [0.2, 0.25) is 11.8 Å². The van der Waals surface area contributed by atoms with E-state index in [0.717, 1.165) is 38.3 Å². The van der Waals surface area contributed by atoms with Crippen LogP contribution in [0.2, 0.25) is 0 Å². The van der Waals surface area contributed by atoms with E-state index >= 15 is 0 Å². The number of methoxy groups -OCH3 is 1. The van der Waals surface area contributed by atoms with Gasteiger partial charge < -0.3 is 9.15 Å². The van der Waals surface area contributed by atoms with Gasteiger partial charge in [-0.2, -0.15) is 5.26 Å². The van der Waals surface area contributed by atoms with E-state index in [1.54, 1.807) is 14.0 Å². The molecular weight excluding hydrogens is 308 g/mol. The molecule has 1 aromatic heterocycles. The molecular formula is C17H26N4O3. The minimum Gasteiger partial charge on any atom is -0.444 e. The molecule has 1 fully saturated rings. The first-order valence-corrected chi connectivity index (χ1v) is 8.21. The van der Waals surface area contributed by atoms with E-state index in [9.17, 15) is 10.1 Å². The van der Waals surface area contributed by atoms with Crippen LogP contribution in [0.5, 0.6) is 0 Å². The van der Waals surface area contributed by atoms with Crippen LogP contribution >= 0.6 is 0 Å². The maximum absolute atomic E-state index is 12.3. The Hall–Kier alpha value is -1.88. The molecule has 132 valence electrons. The van der Waals surface area contributed by atoms with Crippen LogP contribution in [0.3, 0.4) is 0 Å². The molecule has 0 spiro atoms. The topological polar surface area (TPSA) is 81.7 Å². The lowest BCUT2D eigenvalue weighted by Crippen LogP contribution is -2.54. The molecule has 0 radical (unpaired) electrons. The van der Waals surface area contributed by atoms with Crippen LogP contribution in [-0.2, 0) is 9.53 Å². The molecule has 1 N–H and O–H groups in total. The van der Waals surface area contributed by atoms with E-state index in [-0.39, 0.29) is 11.8 Å². The van der Waals surface area contributed by atoms with Gasteiger partial charge in [0, 0.05) is 44.9 Å². The van der Waals surface area contributed by atoms with Crippen LogP contribution in [-0.4, -0.2) is 68.2 Å². The minimum atomic E-state index is -0.155. The number of hydrogen-bond acceptors (Lipinski definition) is 6. The molecule has 1 aliphatic heterocycles. The van der Waals surface area contributed by atoms with Crippen molar-refractivity contribution in [1.82, 2.24) is 9.80 Å². The van der Waals surface area contributed by atoms with Crippen LogP contribution in [0.4, 0.5) is 5.88 Å². The molecule has 7 heteroatoms. The molecule has 0 saturated carbocycles. The molecule has 7 nitrogen and oxygen atoms in total. The third-order valence-electron chi connectivity index (χ3n) is 4.55. The fourth-order valence-corrected chi connectivity index (χ4v) is 2.97. The highest BCUT2D eigenvalue weighted by atomic mass is 16.5. The summed E-state index contributed by atoms with van der Waals surface area (Å²) in [6.45, 7) is 10.3. The lowest BCUT2D eigenvalue weighted by atomic mass is 10.2. The van der Waals surface area contributed by atoms with Gasteiger partial charge in [0.25, 0.3) is 0 Å². The van der Waals surface area contributed by atoms with Crippen LogP contribution < -0.4 is 5.32 Å². The molecule has 1 atom stereocenters. The van der Waals surface area contributed by atoms with Gasteiger partial charge in [0.1, 0.15) is 17.4 Å². The summed E-state index contributed by atoms with van der Waals surface area (Å²) in [6, 6.07) is 2.46. The van der Waals surface area contributed by atoms with Crippen molar-refractivity contribution in [3.05, 3.63) is 16.9 Å². The number of rotatable bonds is 6. The third-order valence-corrected chi connectivity index (χ3v) is 4.55. The van der Waals surface area contributed by atoms with Crippen molar-refractivity contribution >= 4 is 11.8 Å². The van der Waals surface area contributed by atoms with Crippen molar-refractivity contribution in [2.75, 3.05) is 51.8 Å². The van der Waals surface area contributed by atoms with Crippen LogP contribution in [0.15, 0.2) is 4.42 Å². The second-order valence-corrected chi connectivity index (χ2v) is 6.26. The number of carbonyl (C=O) groups excluding carboxylic acids is 1. The Labute approximate surface area is 143 Å². The van der Waals surface area contributed by atoms with Gasteiger partial charge in [-0.25, -0.2) is 0 Å². The molecule has 0 unspecified atom stereocenters. The van der Waals surface area contributed by atoms with E-state index < -0.39 is 0 Å². The highest BCUT2D eigenvalue weighted by Gasteiger charge is 2.25. The summed E-state index contributed by atoms with van der Waals surface area (Å²) in [5, 5.41) is 11.9. The summed E-state index contributed by atoms with van der Waals surface area (Å²) in [4.78, 5) is 16.8. The van der Waals surface area contributed by atoms with Gasteiger partial charge in [-0.3, -0.25) is 19.9 Å².